The molecule has 1 amide bonds. The van der Waals surface area contributed by atoms with Crippen LogP contribution in [0.4, 0.5) is 20.3 Å². The number of halogens is 3. The van der Waals surface area contributed by atoms with Crippen molar-refractivity contribution >= 4 is 29.0 Å². The summed E-state index contributed by atoms with van der Waals surface area (Å²) in [4.78, 5) is 15.4. The summed E-state index contributed by atoms with van der Waals surface area (Å²) in [5.74, 6) is -2.38. The number of carbonyl (C=O) groups is 1. The van der Waals surface area contributed by atoms with Crippen LogP contribution in [0.25, 0.3) is 0 Å². The number of nitrogens with zero attached hydrogens (tertiary/aromatic N) is 1. The van der Waals surface area contributed by atoms with Crippen molar-refractivity contribution < 1.29 is 13.6 Å². The van der Waals surface area contributed by atoms with Gasteiger partial charge in [-0.15, -0.1) is 0 Å². The maximum Gasteiger partial charge on any atom is 0.259 e. The monoisotopic (exact) mass is 283 g/mol. The number of nitrogens with two attached hydrogens (primary N) is 1. The van der Waals surface area contributed by atoms with E-state index in [1.54, 1.807) is 0 Å². The smallest absolute Gasteiger partial charge is 0.259 e. The first kappa shape index (κ1) is 13.2. The van der Waals surface area contributed by atoms with Crippen LogP contribution in [0.5, 0.6) is 0 Å². The number of anilines is 2. The molecule has 4 nitrogen and oxygen atoms in total. The molecule has 1 aromatic carbocycles. The molecule has 3 N–H and O–H groups in total. The summed E-state index contributed by atoms with van der Waals surface area (Å²) in [6, 6.07) is 4.85. The van der Waals surface area contributed by atoms with Crippen LogP contribution in [0.3, 0.4) is 0 Å². The van der Waals surface area contributed by atoms with Crippen LogP contribution in [-0.2, 0) is 0 Å². The third-order valence-corrected chi connectivity index (χ3v) is 2.65. The molecule has 19 heavy (non-hydrogen) atoms. The van der Waals surface area contributed by atoms with Crippen molar-refractivity contribution in [2.45, 2.75) is 0 Å². The maximum absolute atomic E-state index is 13.5. The van der Waals surface area contributed by atoms with Gasteiger partial charge in [0.05, 0.1) is 22.5 Å². The van der Waals surface area contributed by atoms with Gasteiger partial charge in [0.15, 0.2) is 0 Å². The molecule has 0 unspecified atom stereocenters. The summed E-state index contributed by atoms with van der Waals surface area (Å²) in [5.41, 5.74) is 5.06. The van der Waals surface area contributed by atoms with Gasteiger partial charge in [-0.1, -0.05) is 17.7 Å². The van der Waals surface area contributed by atoms with Crippen LogP contribution < -0.4 is 11.1 Å². The predicted molar refractivity (Wildman–Crippen MR) is 68.0 cm³/mol. The highest BCUT2D eigenvalue weighted by atomic mass is 35.5. The van der Waals surface area contributed by atoms with E-state index in [1.807, 2.05) is 0 Å². The Morgan fingerprint density at radius 1 is 1.37 bits per heavy atom. The van der Waals surface area contributed by atoms with Gasteiger partial charge in [-0.2, -0.15) is 0 Å². The SMILES string of the molecule is Nc1ncc(F)cc1C(=O)Nc1c(F)cccc1Cl. The van der Waals surface area contributed by atoms with Gasteiger partial charge in [0.25, 0.3) is 5.91 Å². The lowest BCUT2D eigenvalue weighted by Crippen LogP contribution is -2.16. The largest absolute Gasteiger partial charge is 0.383 e. The molecule has 1 aromatic heterocycles. The zero-order valence-corrected chi connectivity index (χ0v) is 10.2. The van der Waals surface area contributed by atoms with Gasteiger partial charge in [0.2, 0.25) is 0 Å². The highest BCUT2D eigenvalue weighted by molar-refractivity contribution is 6.34. The Kier molecular flexibility index (Phi) is 3.62. The molecule has 7 heteroatoms. The number of nitrogen functional groups attached to an aromatic ring is 1. The van der Waals surface area contributed by atoms with Crippen LogP contribution in [0.15, 0.2) is 30.5 Å². The topological polar surface area (TPSA) is 68.0 Å². The lowest BCUT2D eigenvalue weighted by atomic mass is 10.2. The summed E-state index contributed by atoms with van der Waals surface area (Å²) in [6.45, 7) is 0. The van der Waals surface area contributed by atoms with Crippen molar-refractivity contribution in [3.8, 4) is 0 Å². The number of benzene rings is 1. The van der Waals surface area contributed by atoms with Crippen molar-refractivity contribution in [3.63, 3.8) is 0 Å². The fourth-order valence-electron chi connectivity index (χ4n) is 1.43. The molecular formula is C12H8ClF2N3O. The van der Waals surface area contributed by atoms with Crippen LogP contribution in [0.1, 0.15) is 10.4 Å². The van der Waals surface area contributed by atoms with Crippen molar-refractivity contribution in [2.75, 3.05) is 11.1 Å². The lowest BCUT2D eigenvalue weighted by molar-refractivity contribution is 0.102. The average Bonchev–Trinajstić information content (AvgIpc) is 2.37. The Bertz CT molecular complexity index is 629. The number of rotatable bonds is 2. The van der Waals surface area contributed by atoms with Gasteiger partial charge >= 0.3 is 0 Å². The minimum absolute atomic E-state index is 0.0243. The molecule has 0 saturated heterocycles. The van der Waals surface area contributed by atoms with Gasteiger partial charge in [-0.25, -0.2) is 13.8 Å². The number of para-hydroxylation sites is 1. The minimum atomic E-state index is -0.795. The molecule has 1 heterocycles. The van der Waals surface area contributed by atoms with Crippen molar-refractivity contribution in [1.29, 1.82) is 0 Å². The van der Waals surface area contributed by atoms with Crippen molar-refractivity contribution in [2.24, 2.45) is 0 Å². The highest BCUT2D eigenvalue weighted by Gasteiger charge is 2.16. The van der Waals surface area contributed by atoms with E-state index < -0.39 is 17.5 Å². The van der Waals surface area contributed by atoms with Gasteiger partial charge in [0.1, 0.15) is 17.5 Å². The Hall–Kier alpha value is -2.21. The molecule has 98 valence electrons. The molecule has 0 bridgehead atoms. The quantitative estimate of drug-likeness (QED) is 0.890. The fourth-order valence-corrected chi connectivity index (χ4v) is 1.64. The first-order chi connectivity index (χ1) is 8.99. The van der Waals surface area contributed by atoms with Gasteiger partial charge in [0, 0.05) is 0 Å². The molecule has 0 atom stereocenters. The van der Waals surface area contributed by atoms with Crippen LogP contribution >= 0.6 is 11.6 Å². The maximum atomic E-state index is 13.5. The summed E-state index contributed by atoms with van der Waals surface area (Å²) in [5, 5.41) is 2.25. The number of carbonyl (C=O) groups excluding carboxylic acids is 1. The molecule has 2 aromatic rings. The molecule has 0 saturated carbocycles. The zero-order chi connectivity index (χ0) is 14.0. The average molecular weight is 284 g/mol. The second-order valence-electron chi connectivity index (χ2n) is 3.64. The molecule has 0 aliphatic heterocycles. The second kappa shape index (κ2) is 5.19. The first-order valence-corrected chi connectivity index (χ1v) is 5.53. The normalized spacial score (nSPS) is 10.3. The number of hydrogen-bond acceptors (Lipinski definition) is 3. The number of amides is 1. The van der Waals surface area contributed by atoms with E-state index in [0.29, 0.717) is 0 Å². The van der Waals surface area contributed by atoms with E-state index in [-0.39, 0.29) is 22.1 Å². The van der Waals surface area contributed by atoms with Crippen molar-refractivity contribution in [3.05, 3.63) is 52.7 Å². The van der Waals surface area contributed by atoms with E-state index in [9.17, 15) is 13.6 Å². The number of nitrogens with one attached hydrogen (secondary N) is 1. The molecule has 0 radical (unpaired) electrons. The molecule has 0 aliphatic rings. The third kappa shape index (κ3) is 2.79. The van der Waals surface area contributed by atoms with Gasteiger partial charge in [-0.05, 0) is 18.2 Å². The van der Waals surface area contributed by atoms with E-state index in [4.69, 9.17) is 17.3 Å². The highest BCUT2D eigenvalue weighted by Crippen LogP contribution is 2.25. The third-order valence-electron chi connectivity index (χ3n) is 2.33. The van der Waals surface area contributed by atoms with Crippen LogP contribution in [0, 0.1) is 11.6 Å². The second-order valence-corrected chi connectivity index (χ2v) is 4.04. The lowest BCUT2D eigenvalue weighted by Gasteiger charge is -2.09. The van der Waals surface area contributed by atoms with Crippen molar-refractivity contribution in [1.82, 2.24) is 4.98 Å². The van der Waals surface area contributed by atoms with Crippen LogP contribution in [0.2, 0.25) is 5.02 Å². The predicted octanol–water partition coefficient (Wildman–Crippen LogP) is 2.85. The number of aromatic nitrogens is 1. The van der Waals surface area contributed by atoms with Gasteiger partial charge in [-0.3, -0.25) is 4.79 Å². The van der Waals surface area contributed by atoms with E-state index in [1.165, 1.54) is 12.1 Å². The molecule has 0 spiro atoms. The van der Waals surface area contributed by atoms with E-state index in [0.717, 1.165) is 18.3 Å². The first-order valence-electron chi connectivity index (χ1n) is 5.15. The number of hydrogen-bond donors (Lipinski definition) is 2. The van der Waals surface area contributed by atoms with Gasteiger partial charge < -0.3 is 11.1 Å². The summed E-state index contributed by atoms with van der Waals surface area (Å²) in [6.07, 6.45) is 0.877. The zero-order valence-electron chi connectivity index (χ0n) is 9.45. The summed E-state index contributed by atoms with van der Waals surface area (Å²) in [7, 11) is 0. The van der Waals surface area contributed by atoms with Crippen LogP contribution in [-0.4, -0.2) is 10.9 Å². The van der Waals surface area contributed by atoms with E-state index in [2.05, 4.69) is 10.3 Å². The number of pyridine rings is 1. The Labute approximate surface area is 112 Å². The molecule has 2 rings (SSSR count). The Morgan fingerprint density at radius 2 is 2.11 bits per heavy atom. The molecule has 0 fully saturated rings. The summed E-state index contributed by atoms with van der Waals surface area (Å²) < 4.78 is 26.5. The fraction of sp³-hybridized carbons (Fsp3) is 0. The Morgan fingerprint density at radius 3 is 2.79 bits per heavy atom. The standard InChI is InChI=1S/C12H8ClF2N3O/c13-8-2-1-3-9(15)10(8)18-12(19)7-4-6(14)5-17-11(7)16/h1-5H,(H2,16,17)(H,18,19). The Balaban J connectivity index is 2.34. The minimum Gasteiger partial charge on any atom is -0.383 e. The molecule has 0 aliphatic carbocycles. The summed E-state index contributed by atoms with van der Waals surface area (Å²) >= 11 is 5.76. The molecular weight excluding hydrogens is 276 g/mol. The van der Waals surface area contributed by atoms with E-state index >= 15 is 0 Å².